The van der Waals surface area contributed by atoms with Crippen molar-refractivity contribution in [3.8, 4) is 0 Å². The van der Waals surface area contributed by atoms with Crippen molar-refractivity contribution in [3.05, 3.63) is 17.9 Å². The van der Waals surface area contributed by atoms with Gasteiger partial charge in [0.1, 0.15) is 6.04 Å². The topological polar surface area (TPSA) is 114 Å². The number of carboxylic acid groups (broad SMARTS) is 1. The van der Waals surface area contributed by atoms with Crippen molar-refractivity contribution in [2.75, 3.05) is 6.26 Å². The standard InChI is InChI=1S/C9H11NO6S/c1-5(9(12)13)10-8(11)6-3-4-7(16-6)17(2,14)15/h3-5H,1-2H3,(H,10,11)(H,12,13). The van der Waals surface area contributed by atoms with Crippen LogP contribution >= 0.6 is 0 Å². The van der Waals surface area contributed by atoms with E-state index in [0.29, 0.717) is 0 Å². The zero-order valence-corrected chi connectivity index (χ0v) is 9.95. The van der Waals surface area contributed by atoms with E-state index in [-0.39, 0.29) is 10.9 Å². The molecule has 1 aromatic rings. The molecule has 0 bridgehead atoms. The predicted octanol–water partition coefficient (Wildman–Crippen LogP) is -0.114. The van der Waals surface area contributed by atoms with Crippen LogP contribution in [0.2, 0.25) is 0 Å². The molecule has 0 aliphatic rings. The molecule has 17 heavy (non-hydrogen) atoms. The molecule has 1 unspecified atom stereocenters. The number of aliphatic carboxylic acids is 1. The molecular formula is C9H11NO6S. The zero-order valence-electron chi connectivity index (χ0n) is 9.13. The average molecular weight is 261 g/mol. The zero-order chi connectivity index (χ0) is 13.2. The second-order valence-electron chi connectivity index (χ2n) is 3.42. The first-order chi connectivity index (χ1) is 7.71. The number of hydrogen-bond acceptors (Lipinski definition) is 5. The molecule has 2 N–H and O–H groups in total. The molecule has 1 aromatic heterocycles. The predicted molar refractivity (Wildman–Crippen MR) is 56.4 cm³/mol. The summed E-state index contributed by atoms with van der Waals surface area (Å²) in [6.45, 7) is 1.28. The molecule has 0 radical (unpaired) electrons. The molecule has 0 aliphatic carbocycles. The lowest BCUT2D eigenvalue weighted by molar-refractivity contribution is -0.138. The highest BCUT2D eigenvalue weighted by molar-refractivity contribution is 7.90. The van der Waals surface area contributed by atoms with Crippen LogP contribution in [0, 0.1) is 0 Å². The molecule has 0 saturated carbocycles. The van der Waals surface area contributed by atoms with Crippen molar-refractivity contribution >= 4 is 21.7 Å². The third kappa shape index (κ3) is 3.31. The SMILES string of the molecule is CC(NC(=O)c1ccc(S(C)(=O)=O)o1)C(=O)O. The van der Waals surface area contributed by atoms with Gasteiger partial charge in [-0.25, -0.2) is 8.42 Å². The number of rotatable bonds is 4. The van der Waals surface area contributed by atoms with Gasteiger partial charge in [-0.3, -0.25) is 9.59 Å². The van der Waals surface area contributed by atoms with Gasteiger partial charge in [0.2, 0.25) is 14.9 Å². The monoisotopic (exact) mass is 261 g/mol. The van der Waals surface area contributed by atoms with E-state index in [9.17, 15) is 18.0 Å². The van der Waals surface area contributed by atoms with Crippen LogP contribution in [0.4, 0.5) is 0 Å². The van der Waals surface area contributed by atoms with Gasteiger partial charge in [0, 0.05) is 6.26 Å². The minimum absolute atomic E-state index is 0.251. The molecule has 0 fully saturated rings. The summed E-state index contributed by atoms with van der Waals surface area (Å²) in [5.74, 6) is -2.23. The van der Waals surface area contributed by atoms with Gasteiger partial charge in [0.25, 0.3) is 5.91 Å². The fraction of sp³-hybridized carbons (Fsp3) is 0.333. The Morgan fingerprint density at radius 2 is 2.00 bits per heavy atom. The highest BCUT2D eigenvalue weighted by Gasteiger charge is 2.20. The highest BCUT2D eigenvalue weighted by atomic mass is 32.2. The first kappa shape index (κ1) is 13.2. The third-order valence-corrected chi connectivity index (χ3v) is 2.84. The molecule has 0 aromatic carbocycles. The van der Waals surface area contributed by atoms with Crippen molar-refractivity contribution in [1.29, 1.82) is 0 Å². The summed E-state index contributed by atoms with van der Waals surface area (Å²) in [6, 6.07) is 1.21. The minimum atomic E-state index is -3.52. The van der Waals surface area contributed by atoms with E-state index in [0.717, 1.165) is 12.3 Å². The van der Waals surface area contributed by atoms with E-state index in [1.165, 1.54) is 13.0 Å². The van der Waals surface area contributed by atoms with Gasteiger partial charge >= 0.3 is 5.97 Å². The van der Waals surface area contributed by atoms with E-state index < -0.39 is 27.8 Å². The maximum Gasteiger partial charge on any atom is 0.325 e. The van der Waals surface area contributed by atoms with Crippen LogP contribution in [0.3, 0.4) is 0 Å². The smallest absolute Gasteiger partial charge is 0.325 e. The van der Waals surface area contributed by atoms with Crippen LogP contribution in [0.5, 0.6) is 0 Å². The van der Waals surface area contributed by atoms with Crippen molar-refractivity contribution < 1.29 is 27.5 Å². The molecular weight excluding hydrogens is 250 g/mol. The lowest BCUT2D eigenvalue weighted by atomic mass is 10.3. The summed E-state index contributed by atoms with van der Waals surface area (Å²) in [7, 11) is -3.52. The van der Waals surface area contributed by atoms with Crippen LogP contribution < -0.4 is 5.32 Å². The number of hydrogen-bond donors (Lipinski definition) is 2. The fourth-order valence-electron chi connectivity index (χ4n) is 0.971. The van der Waals surface area contributed by atoms with Gasteiger partial charge in [0.15, 0.2) is 5.76 Å². The number of nitrogens with one attached hydrogen (secondary N) is 1. The number of carbonyl (C=O) groups excluding carboxylic acids is 1. The van der Waals surface area contributed by atoms with Crippen LogP contribution in [-0.2, 0) is 14.6 Å². The number of carbonyl (C=O) groups is 2. The summed E-state index contributed by atoms with van der Waals surface area (Å²) in [5, 5.41) is 10.4. The molecule has 7 nitrogen and oxygen atoms in total. The minimum Gasteiger partial charge on any atom is -0.480 e. The fourth-order valence-corrected chi connectivity index (χ4v) is 1.53. The Labute approximate surface area is 97.3 Å². The van der Waals surface area contributed by atoms with E-state index in [1.807, 2.05) is 0 Å². The molecule has 1 atom stereocenters. The molecule has 0 aliphatic heterocycles. The Hall–Kier alpha value is -1.83. The largest absolute Gasteiger partial charge is 0.480 e. The summed E-state index contributed by atoms with van der Waals surface area (Å²) < 4.78 is 27.0. The van der Waals surface area contributed by atoms with Gasteiger partial charge in [-0.15, -0.1) is 0 Å². The second kappa shape index (κ2) is 4.58. The normalized spacial score (nSPS) is 13.1. The molecule has 0 spiro atoms. The second-order valence-corrected chi connectivity index (χ2v) is 5.37. The Kier molecular flexibility index (Phi) is 3.56. The molecule has 0 saturated heterocycles. The van der Waals surface area contributed by atoms with Gasteiger partial charge in [-0.2, -0.15) is 0 Å². The van der Waals surface area contributed by atoms with E-state index >= 15 is 0 Å². The van der Waals surface area contributed by atoms with Crippen LogP contribution in [-0.4, -0.2) is 37.7 Å². The third-order valence-electron chi connectivity index (χ3n) is 1.89. The maximum absolute atomic E-state index is 11.4. The molecule has 94 valence electrons. The Bertz CT molecular complexity index is 544. The Balaban J connectivity index is 2.85. The van der Waals surface area contributed by atoms with Gasteiger partial charge in [0.05, 0.1) is 0 Å². The lowest BCUT2D eigenvalue weighted by Gasteiger charge is -2.06. The average Bonchev–Trinajstić information content (AvgIpc) is 2.65. The van der Waals surface area contributed by atoms with Gasteiger partial charge in [-0.1, -0.05) is 0 Å². The van der Waals surface area contributed by atoms with E-state index in [2.05, 4.69) is 5.32 Å². The quantitative estimate of drug-likeness (QED) is 0.781. The summed E-state index contributed by atoms with van der Waals surface area (Å²) in [6.07, 6.45) is 0.938. The molecule has 8 heteroatoms. The van der Waals surface area contributed by atoms with Gasteiger partial charge in [-0.05, 0) is 19.1 Å². The molecule has 1 heterocycles. The van der Waals surface area contributed by atoms with E-state index in [1.54, 1.807) is 0 Å². The number of furan rings is 1. The molecule has 1 rings (SSSR count). The van der Waals surface area contributed by atoms with Crippen LogP contribution in [0.25, 0.3) is 0 Å². The summed E-state index contributed by atoms with van der Waals surface area (Å²) in [5.41, 5.74) is 0. The highest BCUT2D eigenvalue weighted by Crippen LogP contribution is 2.13. The maximum atomic E-state index is 11.4. The number of sulfone groups is 1. The lowest BCUT2D eigenvalue weighted by Crippen LogP contribution is -2.38. The summed E-state index contributed by atoms with van der Waals surface area (Å²) >= 11 is 0. The first-order valence-corrected chi connectivity index (χ1v) is 6.44. The van der Waals surface area contributed by atoms with Crippen molar-refractivity contribution in [2.45, 2.75) is 18.1 Å². The first-order valence-electron chi connectivity index (χ1n) is 4.55. The summed E-state index contributed by atoms with van der Waals surface area (Å²) in [4.78, 5) is 21.9. The number of carboxylic acids is 1. The van der Waals surface area contributed by atoms with Gasteiger partial charge < -0.3 is 14.8 Å². The molecule has 1 amide bonds. The number of amides is 1. The van der Waals surface area contributed by atoms with Crippen molar-refractivity contribution in [1.82, 2.24) is 5.32 Å². The van der Waals surface area contributed by atoms with Crippen molar-refractivity contribution in [2.24, 2.45) is 0 Å². The Morgan fingerprint density at radius 1 is 1.41 bits per heavy atom. The Morgan fingerprint density at radius 3 is 2.41 bits per heavy atom. The van der Waals surface area contributed by atoms with Crippen molar-refractivity contribution in [3.63, 3.8) is 0 Å². The van der Waals surface area contributed by atoms with Crippen LogP contribution in [0.15, 0.2) is 21.6 Å². The van der Waals surface area contributed by atoms with Crippen LogP contribution in [0.1, 0.15) is 17.5 Å². The van der Waals surface area contributed by atoms with E-state index in [4.69, 9.17) is 9.52 Å².